The lowest BCUT2D eigenvalue weighted by molar-refractivity contribution is -0.135. The van der Waals surface area contributed by atoms with E-state index in [-0.39, 0.29) is 0 Å². The van der Waals surface area contributed by atoms with Crippen molar-refractivity contribution in [2.24, 2.45) is 23.7 Å². The van der Waals surface area contributed by atoms with Crippen LogP contribution in [0.4, 0.5) is 0 Å². The van der Waals surface area contributed by atoms with E-state index in [9.17, 15) is 4.79 Å². The number of rotatable bonds is 5. The van der Waals surface area contributed by atoms with E-state index in [1.165, 1.54) is 25.7 Å². The first-order valence-corrected chi connectivity index (χ1v) is 9.48. The van der Waals surface area contributed by atoms with Crippen LogP contribution in [0.25, 0.3) is 0 Å². The number of carbonyl (C=O) groups is 1. The third-order valence-corrected chi connectivity index (χ3v) is 6.26. The predicted molar refractivity (Wildman–Crippen MR) is 88.5 cm³/mol. The van der Waals surface area contributed by atoms with Crippen LogP contribution < -0.4 is 0 Å². The number of hydrogen-bond donors (Lipinski definition) is 0. The smallest absolute Gasteiger partial charge is 0.226 e. The fourth-order valence-electron chi connectivity index (χ4n) is 4.26. The topological polar surface area (TPSA) is 29.5 Å². The lowest BCUT2D eigenvalue weighted by Crippen LogP contribution is -2.42. The first-order valence-electron chi connectivity index (χ1n) is 9.48. The van der Waals surface area contributed by atoms with Gasteiger partial charge in [0.2, 0.25) is 5.91 Å². The SMILES string of the molecule is CC(C)C1CCC(OC[C@H]2[C@@H](C)CCN2C(=O)C2CC2)CC1. The van der Waals surface area contributed by atoms with Crippen molar-refractivity contribution >= 4 is 5.91 Å². The number of hydrogen-bond acceptors (Lipinski definition) is 2. The average molecular weight is 307 g/mol. The van der Waals surface area contributed by atoms with E-state index in [0.717, 1.165) is 44.2 Å². The van der Waals surface area contributed by atoms with Crippen LogP contribution in [0, 0.1) is 23.7 Å². The Balaban J connectivity index is 1.46. The Morgan fingerprint density at radius 2 is 1.77 bits per heavy atom. The Morgan fingerprint density at radius 3 is 2.36 bits per heavy atom. The molecule has 0 radical (unpaired) electrons. The Labute approximate surface area is 135 Å². The average Bonchev–Trinajstić information content (AvgIpc) is 3.29. The molecule has 1 heterocycles. The maximum atomic E-state index is 12.4. The minimum Gasteiger partial charge on any atom is -0.376 e. The van der Waals surface area contributed by atoms with Crippen LogP contribution >= 0.6 is 0 Å². The molecule has 3 fully saturated rings. The first kappa shape index (κ1) is 16.3. The molecular weight excluding hydrogens is 274 g/mol. The zero-order valence-electron chi connectivity index (χ0n) is 14.6. The van der Waals surface area contributed by atoms with Gasteiger partial charge in [0, 0.05) is 12.5 Å². The van der Waals surface area contributed by atoms with Crippen LogP contribution in [-0.2, 0) is 9.53 Å². The summed E-state index contributed by atoms with van der Waals surface area (Å²) in [4.78, 5) is 14.5. The molecule has 3 aliphatic rings. The van der Waals surface area contributed by atoms with Gasteiger partial charge in [0.1, 0.15) is 0 Å². The second kappa shape index (κ2) is 6.90. The molecule has 3 heteroatoms. The van der Waals surface area contributed by atoms with Crippen molar-refractivity contribution < 1.29 is 9.53 Å². The van der Waals surface area contributed by atoms with Gasteiger partial charge in [0.25, 0.3) is 0 Å². The van der Waals surface area contributed by atoms with Crippen molar-refractivity contribution in [1.29, 1.82) is 0 Å². The monoisotopic (exact) mass is 307 g/mol. The third kappa shape index (κ3) is 3.67. The van der Waals surface area contributed by atoms with Crippen LogP contribution in [0.5, 0.6) is 0 Å². The quantitative estimate of drug-likeness (QED) is 0.772. The van der Waals surface area contributed by atoms with Crippen LogP contribution in [-0.4, -0.2) is 36.1 Å². The highest BCUT2D eigenvalue weighted by Crippen LogP contribution is 2.36. The van der Waals surface area contributed by atoms with E-state index in [0.29, 0.717) is 29.9 Å². The second-order valence-electron chi connectivity index (χ2n) is 8.25. The number of likely N-dealkylation sites (tertiary alicyclic amines) is 1. The Bertz CT molecular complexity index is 383. The Kier molecular flexibility index (Phi) is 5.11. The van der Waals surface area contributed by atoms with Crippen molar-refractivity contribution in [2.75, 3.05) is 13.2 Å². The summed E-state index contributed by atoms with van der Waals surface area (Å²) in [5.74, 6) is 3.03. The van der Waals surface area contributed by atoms with E-state index >= 15 is 0 Å². The lowest BCUT2D eigenvalue weighted by atomic mass is 9.80. The van der Waals surface area contributed by atoms with Crippen molar-refractivity contribution in [3.63, 3.8) is 0 Å². The molecule has 1 saturated heterocycles. The summed E-state index contributed by atoms with van der Waals surface area (Å²) in [6.07, 6.45) is 8.84. The minimum atomic E-state index is 0.330. The molecular formula is C19H33NO2. The van der Waals surface area contributed by atoms with Gasteiger partial charge in [-0.1, -0.05) is 20.8 Å². The Hall–Kier alpha value is -0.570. The molecule has 3 rings (SSSR count). The summed E-state index contributed by atoms with van der Waals surface area (Å²) in [7, 11) is 0. The van der Waals surface area contributed by atoms with Gasteiger partial charge >= 0.3 is 0 Å². The summed E-state index contributed by atoms with van der Waals surface area (Å²) in [6, 6.07) is 0.330. The van der Waals surface area contributed by atoms with Crippen LogP contribution in [0.15, 0.2) is 0 Å². The summed E-state index contributed by atoms with van der Waals surface area (Å²) in [5, 5.41) is 0. The molecule has 0 spiro atoms. The molecule has 2 atom stereocenters. The molecule has 0 unspecified atom stereocenters. The second-order valence-corrected chi connectivity index (χ2v) is 8.25. The van der Waals surface area contributed by atoms with E-state index in [4.69, 9.17) is 4.74 Å². The highest BCUT2D eigenvalue weighted by molar-refractivity contribution is 5.81. The van der Waals surface area contributed by atoms with E-state index in [2.05, 4.69) is 25.7 Å². The maximum Gasteiger partial charge on any atom is 0.226 e. The van der Waals surface area contributed by atoms with Crippen molar-refractivity contribution in [2.45, 2.75) is 77.9 Å². The van der Waals surface area contributed by atoms with E-state index < -0.39 is 0 Å². The zero-order chi connectivity index (χ0) is 15.7. The highest BCUT2D eigenvalue weighted by atomic mass is 16.5. The van der Waals surface area contributed by atoms with Gasteiger partial charge in [-0.3, -0.25) is 4.79 Å². The molecule has 0 aromatic rings. The van der Waals surface area contributed by atoms with Crippen molar-refractivity contribution in [1.82, 2.24) is 4.90 Å². The van der Waals surface area contributed by atoms with E-state index in [1.807, 2.05) is 0 Å². The van der Waals surface area contributed by atoms with Gasteiger partial charge in [-0.15, -0.1) is 0 Å². The molecule has 22 heavy (non-hydrogen) atoms. The van der Waals surface area contributed by atoms with E-state index in [1.54, 1.807) is 0 Å². The van der Waals surface area contributed by atoms with Gasteiger partial charge in [0.15, 0.2) is 0 Å². The summed E-state index contributed by atoms with van der Waals surface area (Å²) >= 11 is 0. The predicted octanol–water partition coefficient (Wildman–Crippen LogP) is 3.86. The van der Waals surface area contributed by atoms with Crippen LogP contribution in [0.2, 0.25) is 0 Å². The molecule has 2 aliphatic carbocycles. The van der Waals surface area contributed by atoms with Crippen molar-refractivity contribution in [3.05, 3.63) is 0 Å². The summed E-state index contributed by atoms with van der Waals surface area (Å²) in [5.41, 5.74) is 0. The standard InChI is InChI=1S/C19H33NO2/c1-13(2)15-6-8-17(9-7-15)22-12-18-14(3)10-11-20(18)19(21)16-4-5-16/h13-18H,4-12H2,1-3H3/t14-,15?,17?,18-/m0/s1. The third-order valence-electron chi connectivity index (χ3n) is 6.26. The Morgan fingerprint density at radius 1 is 1.09 bits per heavy atom. The van der Waals surface area contributed by atoms with Gasteiger partial charge in [-0.25, -0.2) is 0 Å². The molecule has 1 amide bonds. The molecule has 0 aromatic heterocycles. The number of amides is 1. The molecule has 0 N–H and O–H groups in total. The molecule has 1 aliphatic heterocycles. The lowest BCUT2D eigenvalue weighted by Gasteiger charge is -2.33. The highest BCUT2D eigenvalue weighted by Gasteiger charge is 2.41. The van der Waals surface area contributed by atoms with Crippen LogP contribution in [0.3, 0.4) is 0 Å². The molecule has 3 nitrogen and oxygen atoms in total. The molecule has 126 valence electrons. The van der Waals surface area contributed by atoms with Crippen molar-refractivity contribution in [3.8, 4) is 0 Å². The normalized spacial score (nSPS) is 36.1. The largest absolute Gasteiger partial charge is 0.376 e. The fourth-order valence-corrected chi connectivity index (χ4v) is 4.26. The van der Waals surface area contributed by atoms with Gasteiger partial charge in [0.05, 0.1) is 18.8 Å². The maximum absolute atomic E-state index is 12.4. The summed E-state index contributed by atoms with van der Waals surface area (Å²) in [6.45, 7) is 8.67. The number of ether oxygens (including phenoxy) is 1. The number of nitrogens with zero attached hydrogens (tertiary/aromatic N) is 1. The molecule has 0 bridgehead atoms. The van der Waals surface area contributed by atoms with Crippen LogP contribution in [0.1, 0.15) is 65.7 Å². The zero-order valence-corrected chi connectivity index (χ0v) is 14.6. The van der Waals surface area contributed by atoms with Gasteiger partial charge in [-0.05, 0) is 62.7 Å². The first-order chi connectivity index (χ1) is 10.6. The molecule has 2 saturated carbocycles. The summed E-state index contributed by atoms with van der Waals surface area (Å²) < 4.78 is 6.25. The fraction of sp³-hybridized carbons (Fsp3) is 0.947. The molecule has 0 aromatic carbocycles. The number of carbonyl (C=O) groups excluding carboxylic acids is 1. The van der Waals surface area contributed by atoms with Gasteiger partial charge < -0.3 is 9.64 Å². The minimum absolute atomic E-state index is 0.330. The van der Waals surface area contributed by atoms with Gasteiger partial charge in [-0.2, -0.15) is 0 Å².